The minimum atomic E-state index is -0.556. The molecule has 3 aromatic carbocycles. The topological polar surface area (TPSA) is 111 Å². The highest BCUT2D eigenvalue weighted by molar-refractivity contribution is 6.07. The average Bonchev–Trinajstić information content (AvgIpc) is 3.21. The first kappa shape index (κ1) is 21.2. The van der Waals surface area contributed by atoms with E-state index in [4.69, 9.17) is 4.74 Å². The molecule has 0 saturated carbocycles. The molecule has 2 N–H and O–H groups in total. The van der Waals surface area contributed by atoms with Crippen molar-refractivity contribution in [1.29, 1.82) is 0 Å². The maximum absolute atomic E-state index is 13.7. The van der Waals surface area contributed by atoms with Gasteiger partial charge >= 0.3 is 0 Å². The Morgan fingerprint density at radius 2 is 1.79 bits per heavy atom. The lowest BCUT2D eigenvalue weighted by molar-refractivity contribution is -0.384. The number of aromatic nitrogens is 2. The van der Waals surface area contributed by atoms with E-state index >= 15 is 0 Å². The Morgan fingerprint density at radius 1 is 1.09 bits per heavy atom. The van der Waals surface area contributed by atoms with Crippen LogP contribution >= 0.6 is 0 Å². The summed E-state index contributed by atoms with van der Waals surface area (Å²) in [4.78, 5) is 29.1. The molecule has 0 bridgehead atoms. The van der Waals surface area contributed by atoms with Crippen molar-refractivity contribution in [2.45, 2.75) is 13.0 Å². The number of rotatable bonds is 5. The number of ether oxygens (including phenoxy) is 1. The van der Waals surface area contributed by atoms with Gasteiger partial charge < -0.3 is 15.4 Å². The van der Waals surface area contributed by atoms with E-state index < -0.39 is 11.0 Å². The number of nitrogens with one attached hydrogen (secondary N) is 2. The van der Waals surface area contributed by atoms with Gasteiger partial charge in [-0.2, -0.15) is 0 Å². The van der Waals surface area contributed by atoms with Gasteiger partial charge in [0.25, 0.3) is 11.6 Å². The number of amides is 1. The van der Waals surface area contributed by atoms with Gasteiger partial charge in [-0.3, -0.25) is 19.5 Å². The van der Waals surface area contributed by atoms with Gasteiger partial charge in [-0.15, -0.1) is 0 Å². The third kappa shape index (κ3) is 3.53. The molecule has 9 nitrogen and oxygen atoms in total. The number of non-ortho nitro benzene ring substituents is 1. The van der Waals surface area contributed by atoms with Crippen LogP contribution in [0.5, 0.6) is 5.75 Å². The molecule has 0 aliphatic carbocycles. The summed E-state index contributed by atoms with van der Waals surface area (Å²) in [5, 5.41) is 17.4. The number of benzene rings is 3. The molecule has 0 spiro atoms. The summed E-state index contributed by atoms with van der Waals surface area (Å²) in [6.45, 7) is 1.82. The lowest BCUT2D eigenvalue weighted by Crippen LogP contribution is -2.31. The third-order valence-electron chi connectivity index (χ3n) is 5.85. The third-order valence-corrected chi connectivity index (χ3v) is 5.85. The van der Waals surface area contributed by atoms with E-state index in [-0.39, 0.29) is 11.6 Å². The molecule has 4 aromatic rings. The van der Waals surface area contributed by atoms with Crippen LogP contribution in [0.4, 0.5) is 17.3 Å². The van der Waals surface area contributed by atoms with Crippen LogP contribution in [0, 0.1) is 10.1 Å². The zero-order valence-electron chi connectivity index (χ0n) is 18.5. The number of hydrogen-bond acceptors (Lipinski definition) is 6. The molecule has 1 amide bonds. The SMILES string of the molecule is COc1ccccc1NC(=O)C1=C(C)Nc2nc3ccccc3n2C1c1ccc([N+](=O)[O-])cc1. The quantitative estimate of drug-likeness (QED) is 0.328. The number of allylic oxidation sites excluding steroid dienone is 1. The van der Waals surface area contributed by atoms with Crippen molar-refractivity contribution in [3.8, 4) is 5.75 Å². The molecule has 9 heteroatoms. The molecule has 1 atom stereocenters. The van der Waals surface area contributed by atoms with Crippen LogP contribution in [0.15, 0.2) is 84.1 Å². The molecule has 1 aliphatic rings. The van der Waals surface area contributed by atoms with E-state index in [1.807, 2.05) is 47.9 Å². The smallest absolute Gasteiger partial charge is 0.269 e. The standard InChI is InChI=1S/C25H21N5O4/c1-15-22(24(31)27-19-8-4-6-10-21(19)34-2)23(16-11-13-17(14-12-16)30(32)33)29-20-9-5-3-7-18(20)28-25(29)26-15/h3-14,23H,1-2H3,(H,26,28)(H,27,31). The number of anilines is 2. The zero-order chi connectivity index (χ0) is 23.8. The molecular formula is C25H21N5O4. The molecule has 1 aromatic heterocycles. The maximum atomic E-state index is 13.7. The highest BCUT2D eigenvalue weighted by Crippen LogP contribution is 2.40. The zero-order valence-corrected chi connectivity index (χ0v) is 18.5. The highest BCUT2D eigenvalue weighted by Gasteiger charge is 2.34. The van der Waals surface area contributed by atoms with E-state index in [0.717, 1.165) is 16.6 Å². The van der Waals surface area contributed by atoms with Gasteiger partial charge in [0, 0.05) is 17.8 Å². The first-order valence-electron chi connectivity index (χ1n) is 10.6. The fourth-order valence-corrected chi connectivity index (χ4v) is 4.29. The maximum Gasteiger partial charge on any atom is 0.269 e. The molecule has 2 heterocycles. The van der Waals surface area contributed by atoms with E-state index in [9.17, 15) is 14.9 Å². The summed E-state index contributed by atoms with van der Waals surface area (Å²) < 4.78 is 7.33. The van der Waals surface area contributed by atoms with Gasteiger partial charge in [0.05, 0.1) is 40.4 Å². The lowest BCUT2D eigenvalue weighted by Gasteiger charge is -2.30. The van der Waals surface area contributed by atoms with Crippen LogP contribution in [0.3, 0.4) is 0 Å². The summed E-state index contributed by atoms with van der Waals surface area (Å²) in [6.07, 6.45) is 0. The predicted molar refractivity (Wildman–Crippen MR) is 129 cm³/mol. The van der Waals surface area contributed by atoms with Crippen molar-refractivity contribution in [3.63, 3.8) is 0 Å². The number of nitro benzene ring substituents is 1. The van der Waals surface area contributed by atoms with Crippen molar-refractivity contribution in [3.05, 3.63) is 99.7 Å². The molecule has 170 valence electrons. The Balaban J connectivity index is 1.65. The largest absolute Gasteiger partial charge is 0.495 e. The highest BCUT2D eigenvalue weighted by atomic mass is 16.6. The second-order valence-electron chi connectivity index (χ2n) is 7.86. The summed E-state index contributed by atoms with van der Waals surface area (Å²) >= 11 is 0. The summed E-state index contributed by atoms with van der Waals surface area (Å²) in [5.74, 6) is 0.815. The van der Waals surface area contributed by atoms with Crippen molar-refractivity contribution in [1.82, 2.24) is 9.55 Å². The van der Waals surface area contributed by atoms with E-state index in [1.165, 1.54) is 12.1 Å². The predicted octanol–water partition coefficient (Wildman–Crippen LogP) is 4.88. The number of para-hydroxylation sites is 4. The van der Waals surface area contributed by atoms with Gasteiger partial charge in [-0.1, -0.05) is 24.3 Å². The van der Waals surface area contributed by atoms with Crippen LogP contribution in [-0.4, -0.2) is 27.5 Å². The Bertz CT molecular complexity index is 1460. The van der Waals surface area contributed by atoms with Gasteiger partial charge in [0.15, 0.2) is 0 Å². The first-order chi connectivity index (χ1) is 16.5. The second kappa shape index (κ2) is 8.36. The van der Waals surface area contributed by atoms with Crippen LogP contribution in [0.25, 0.3) is 11.0 Å². The lowest BCUT2D eigenvalue weighted by atomic mass is 9.94. The van der Waals surface area contributed by atoms with Crippen molar-refractivity contribution < 1.29 is 14.5 Å². The summed E-state index contributed by atoms with van der Waals surface area (Å²) in [7, 11) is 1.54. The van der Waals surface area contributed by atoms with Gasteiger partial charge in [-0.05, 0) is 48.9 Å². The Kier molecular flexibility index (Phi) is 5.21. The number of fused-ring (bicyclic) bond motifs is 3. The van der Waals surface area contributed by atoms with E-state index in [0.29, 0.717) is 28.7 Å². The van der Waals surface area contributed by atoms with Crippen LogP contribution in [0.2, 0.25) is 0 Å². The fraction of sp³-hybridized carbons (Fsp3) is 0.120. The number of carbonyl (C=O) groups excluding carboxylic acids is 1. The van der Waals surface area contributed by atoms with Crippen LogP contribution in [0.1, 0.15) is 18.5 Å². The molecule has 1 aliphatic heterocycles. The number of carbonyl (C=O) groups is 1. The van der Waals surface area contributed by atoms with Gasteiger partial charge in [-0.25, -0.2) is 4.98 Å². The molecular weight excluding hydrogens is 434 g/mol. The normalized spacial score (nSPS) is 14.9. The van der Waals surface area contributed by atoms with E-state index in [1.54, 1.807) is 31.4 Å². The number of nitrogens with zero attached hydrogens (tertiary/aromatic N) is 3. The molecule has 34 heavy (non-hydrogen) atoms. The number of nitro groups is 1. The Hall–Kier alpha value is -4.66. The Morgan fingerprint density at radius 3 is 2.53 bits per heavy atom. The van der Waals surface area contributed by atoms with Gasteiger partial charge in [0.2, 0.25) is 5.95 Å². The van der Waals surface area contributed by atoms with Crippen molar-refractivity contribution in [2.24, 2.45) is 0 Å². The van der Waals surface area contributed by atoms with E-state index in [2.05, 4.69) is 15.6 Å². The molecule has 1 unspecified atom stereocenters. The first-order valence-corrected chi connectivity index (χ1v) is 10.6. The van der Waals surface area contributed by atoms with Crippen molar-refractivity contribution in [2.75, 3.05) is 17.7 Å². The molecule has 0 fully saturated rings. The number of hydrogen-bond donors (Lipinski definition) is 2. The van der Waals surface area contributed by atoms with Crippen LogP contribution < -0.4 is 15.4 Å². The second-order valence-corrected chi connectivity index (χ2v) is 7.86. The van der Waals surface area contributed by atoms with Crippen LogP contribution in [-0.2, 0) is 4.79 Å². The number of methoxy groups -OCH3 is 1. The molecule has 0 radical (unpaired) electrons. The number of imidazole rings is 1. The Labute approximate surface area is 194 Å². The van der Waals surface area contributed by atoms with Gasteiger partial charge in [0.1, 0.15) is 5.75 Å². The summed E-state index contributed by atoms with van der Waals surface area (Å²) in [5.41, 5.74) is 3.96. The molecule has 0 saturated heterocycles. The minimum absolute atomic E-state index is 0.0193. The summed E-state index contributed by atoms with van der Waals surface area (Å²) in [6, 6.07) is 20.5. The molecule has 5 rings (SSSR count). The minimum Gasteiger partial charge on any atom is -0.495 e. The monoisotopic (exact) mass is 455 g/mol. The fourth-order valence-electron chi connectivity index (χ4n) is 4.29. The van der Waals surface area contributed by atoms with Crippen molar-refractivity contribution >= 4 is 34.3 Å². The average molecular weight is 455 g/mol.